The molecular formula is C15H30N2O2. The Balaban J connectivity index is 2.02. The number of methoxy groups -OCH3 is 1. The number of hydrogen-bond donors (Lipinski definition) is 1. The van der Waals surface area contributed by atoms with E-state index >= 15 is 0 Å². The van der Waals surface area contributed by atoms with Crippen LogP contribution >= 0.6 is 0 Å². The van der Waals surface area contributed by atoms with Gasteiger partial charge in [0.2, 0.25) is 0 Å². The van der Waals surface area contributed by atoms with Crippen molar-refractivity contribution in [3.8, 4) is 0 Å². The maximum absolute atomic E-state index is 6.17. The topological polar surface area (TPSA) is 47.7 Å². The number of nitrogens with two attached hydrogens (primary N) is 1. The first kappa shape index (κ1) is 15.2. The fourth-order valence-corrected chi connectivity index (χ4v) is 3.78. The Morgan fingerprint density at radius 2 is 2.21 bits per heavy atom. The van der Waals surface area contributed by atoms with Crippen LogP contribution in [0.2, 0.25) is 0 Å². The van der Waals surface area contributed by atoms with E-state index in [1.165, 1.54) is 32.1 Å². The van der Waals surface area contributed by atoms with E-state index in [9.17, 15) is 0 Å². The van der Waals surface area contributed by atoms with Gasteiger partial charge in [0.15, 0.2) is 0 Å². The van der Waals surface area contributed by atoms with Gasteiger partial charge in [-0.05, 0) is 45.1 Å². The van der Waals surface area contributed by atoms with Crippen molar-refractivity contribution in [1.82, 2.24) is 4.90 Å². The normalized spacial score (nSPS) is 36.0. The summed E-state index contributed by atoms with van der Waals surface area (Å²) in [5.74, 6) is 0. The maximum atomic E-state index is 6.17. The summed E-state index contributed by atoms with van der Waals surface area (Å²) < 4.78 is 11.4. The number of nitrogens with zero attached hydrogens (tertiary/aromatic N) is 1. The van der Waals surface area contributed by atoms with Gasteiger partial charge in [-0.2, -0.15) is 0 Å². The number of ether oxygens (including phenoxy) is 2. The average molecular weight is 270 g/mol. The van der Waals surface area contributed by atoms with Gasteiger partial charge in [0.1, 0.15) is 0 Å². The van der Waals surface area contributed by atoms with Crippen molar-refractivity contribution >= 4 is 0 Å². The lowest BCUT2D eigenvalue weighted by atomic mass is 9.78. The smallest absolute Gasteiger partial charge is 0.0703 e. The molecule has 0 aromatic heterocycles. The van der Waals surface area contributed by atoms with Crippen LogP contribution in [-0.2, 0) is 9.47 Å². The molecule has 0 spiro atoms. The van der Waals surface area contributed by atoms with Crippen molar-refractivity contribution in [1.29, 1.82) is 0 Å². The predicted molar refractivity (Wildman–Crippen MR) is 77.3 cm³/mol. The van der Waals surface area contributed by atoms with Crippen LogP contribution in [0.15, 0.2) is 0 Å². The summed E-state index contributed by atoms with van der Waals surface area (Å²) in [5.41, 5.74) is 6.29. The van der Waals surface area contributed by atoms with Crippen LogP contribution in [0.25, 0.3) is 0 Å². The molecule has 2 N–H and O–H groups in total. The molecule has 0 aromatic carbocycles. The fraction of sp³-hybridized carbons (Fsp3) is 1.00. The van der Waals surface area contributed by atoms with E-state index in [0.29, 0.717) is 12.2 Å². The van der Waals surface area contributed by atoms with Crippen LogP contribution in [0.4, 0.5) is 0 Å². The minimum Gasteiger partial charge on any atom is -0.381 e. The molecule has 1 aliphatic heterocycles. The fourth-order valence-electron chi connectivity index (χ4n) is 3.78. The van der Waals surface area contributed by atoms with Crippen LogP contribution in [0.3, 0.4) is 0 Å². The van der Waals surface area contributed by atoms with Crippen molar-refractivity contribution in [2.75, 3.05) is 33.4 Å². The lowest BCUT2D eigenvalue weighted by molar-refractivity contribution is -0.0388. The molecule has 0 radical (unpaired) electrons. The molecule has 19 heavy (non-hydrogen) atoms. The second kappa shape index (κ2) is 7.02. The van der Waals surface area contributed by atoms with E-state index in [1.54, 1.807) is 0 Å². The summed E-state index contributed by atoms with van der Waals surface area (Å²) in [6.45, 7) is 5.98. The number of rotatable bonds is 6. The molecular weight excluding hydrogens is 240 g/mol. The van der Waals surface area contributed by atoms with Gasteiger partial charge in [0, 0.05) is 32.3 Å². The van der Waals surface area contributed by atoms with Gasteiger partial charge in [-0.15, -0.1) is 0 Å². The third-order valence-corrected chi connectivity index (χ3v) is 4.99. The zero-order valence-electron chi connectivity index (χ0n) is 12.6. The molecule has 3 atom stereocenters. The molecule has 1 saturated carbocycles. The predicted octanol–water partition coefficient (Wildman–Crippen LogP) is 1.77. The van der Waals surface area contributed by atoms with Gasteiger partial charge in [0.25, 0.3) is 0 Å². The molecule has 2 fully saturated rings. The maximum Gasteiger partial charge on any atom is 0.0703 e. The third kappa shape index (κ3) is 3.48. The van der Waals surface area contributed by atoms with E-state index in [1.807, 2.05) is 7.11 Å². The lowest BCUT2D eigenvalue weighted by Crippen LogP contribution is -2.58. The summed E-state index contributed by atoms with van der Waals surface area (Å²) in [6.07, 6.45) is 7.85. The third-order valence-electron chi connectivity index (χ3n) is 4.99. The zero-order valence-corrected chi connectivity index (χ0v) is 12.6. The quantitative estimate of drug-likeness (QED) is 0.799. The molecule has 0 bridgehead atoms. The molecule has 1 saturated heterocycles. The van der Waals surface area contributed by atoms with Crippen LogP contribution in [0.5, 0.6) is 0 Å². The van der Waals surface area contributed by atoms with Crippen LogP contribution in [0, 0.1) is 0 Å². The van der Waals surface area contributed by atoms with Gasteiger partial charge in [-0.3, -0.25) is 4.90 Å². The standard InChI is InChI=1S/C15H30N2O2/c1-3-17(11-14-7-5-9-19-14)15(12-16)8-4-6-13(10-15)18-2/h13-14H,3-12,16H2,1-2H3. The van der Waals surface area contributed by atoms with Crippen molar-refractivity contribution in [2.24, 2.45) is 5.73 Å². The van der Waals surface area contributed by atoms with Gasteiger partial charge in [0.05, 0.1) is 12.2 Å². The summed E-state index contributed by atoms with van der Waals surface area (Å²) in [7, 11) is 1.83. The van der Waals surface area contributed by atoms with Crippen molar-refractivity contribution < 1.29 is 9.47 Å². The first-order valence-electron chi connectivity index (χ1n) is 7.83. The first-order chi connectivity index (χ1) is 9.24. The molecule has 1 heterocycles. The van der Waals surface area contributed by atoms with E-state index in [4.69, 9.17) is 15.2 Å². The van der Waals surface area contributed by atoms with E-state index in [2.05, 4.69) is 11.8 Å². The molecule has 2 rings (SSSR count). The minimum absolute atomic E-state index is 0.125. The molecule has 0 aromatic rings. The Labute approximate surface area is 117 Å². The summed E-state index contributed by atoms with van der Waals surface area (Å²) in [5, 5.41) is 0. The highest BCUT2D eigenvalue weighted by molar-refractivity contribution is 4.97. The SMILES string of the molecule is CCN(CC1CCCO1)C1(CN)CCCC(OC)C1. The van der Waals surface area contributed by atoms with Crippen LogP contribution in [-0.4, -0.2) is 56.0 Å². The first-order valence-corrected chi connectivity index (χ1v) is 7.83. The van der Waals surface area contributed by atoms with Crippen LogP contribution < -0.4 is 5.73 Å². The van der Waals surface area contributed by atoms with E-state index in [-0.39, 0.29) is 5.54 Å². The summed E-state index contributed by atoms with van der Waals surface area (Å²) in [6, 6.07) is 0. The number of hydrogen-bond acceptors (Lipinski definition) is 4. The van der Waals surface area contributed by atoms with Crippen molar-refractivity contribution in [3.05, 3.63) is 0 Å². The van der Waals surface area contributed by atoms with E-state index < -0.39 is 0 Å². The molecule has 1 aliphatic carbocycles. The van der Waals surface area contributed by atoms with Crippen LogP contribution in [0.1, 0.15) is 45.4 Å². The summed E-state index contributed by atoms with van der Waals surface area (Å²) >= 11 is 0. The Bertz CT molecular complexity index is 269. The largest absolute Gasteiger partial charge is 0.381 e. The highest BCUT2D eigenvalue weighted by Crippen LogP contribution is 2.35. The van der Waals surface area contributed by atoms with E-state index in [0.717, 1.165) is 32.7 Å². The Morgan fingerprint density at radius 3 is 2.79 bits per heavy atom. The monoisotopic (exact) mass is 270 g/mol. The second-order valence-electron chi connectivity index (χ2n) is 6.06. The average Bonchev–Trinajstić information content (AvgIpc) is 2.97. The molecule has 0 amide bonds. The Hall–Kier alpha value is -0.160. The van der Waals surface area contributed by atoms with Gasteiger partial charge in [-0.25, -0.2) is 0 Å². The highest BCUT2D eigenvalue weighted by atomic mass is 16.5. The summed E-state index contributed by atoms with van der Waals surface area (Å²) in [4.78, 5) is 2.56. The minimum atomic E-state index is 0.125. The van der Waals surface area contributed by atoms with Gasteiger partial charge >= 0.3 is 0 Å². The molecule has 4 nitrogen and oxygen atoms in total. The second-order valence-corrected chi connectivity index (χ2v) is 6.06. The molecule has 3 unspecified atom stereocenters. The Morgan fingerprint density at radius 1 is 1.37 bits per heavy atom. The van der Waals surface area contributed by atoms with Crippen molar-refractivity contribution in [2.45, 2.75) is 63.2 Å². The van der Waals surface area contributed by atoms with Gasteiger partial charge < -0.3 is 15.2 Å². The highest BCUT2D eigenvalue weighted by Gasteiger charge is 2.40. The lowest BCUT2D eigenvalue weighted by Gasteiger charge is -2.48. The Kier molecular flexibility index (Phi) is 5.63. The van der Waals surface area contributed by atoms with Gasteiger partial charge in [-0.1, -0.05) is 6.92 Å². The molecule has 112 valence electrons. The number of likely N-dealkylation sites (N-methyl/N-ethyl adjacent to an activating group) is 1. The molecule has 2 aliphatic rings. The zero-order chi connectivity index (χ0) is 13.7. The molecule has 4 heteroatoms. The van der Waals surface area contributed by atoms with Crippen molar-refractivity contribution in [3.63, 3.8) is 0 Å².